The van der Waals surface area contributed by atoms with Gasteiger partial charge in [0.05, 0.1) is 18.4 Å². The van der Waals surface area contributed by atoms with Crippen LogP contribution in [-0.2, 0) is 42.3 Å². The Balaban J connectivity index is 1.48. The number of hydrogen-bond donors (Lipinski definition) is 4. The molecule has 0 aromatic heterocycles. The van der Waals surface area contributed by atoms with E-state index in [1.54, 1.807) is 48.5 Å². The number of nitrogens with one attached hydrogen (secondary N) is 3. The summed E-state index contributed by atoms with van der Waals surface area (Å²) >= 11 is 0. The fraction of sp³-hybridized carbons (Fsp3) is 0.290. The highest BCUT2D eigenvalue weighted by molar-refractivity contribution is 7.89. The van der Waals surface area contributed by atoms with Crippen LogP contribution in [0.3, 0.4) is 0 Å². The van der Waals surface area contributed by atoms with Crippen molar-refractivity contribution in [2.75, 3.05) is 13.7 Å². The lowest BCUT2D eigenvalue weighted by atomic mass is 10.1. The van der Waals surface area contributed by atoms with E-state index in [-0.39, 0.29) is 30.4 Å². The number of nitrogens with two attached hydrogens (primary N) is 1. The molecule has 44 heavy (non-hydrogen) atoms. The molecule has 3 aromatic carbocycles. The highest BCUT2D eigenvalue weighted by Gasteiger charge is 2.39. The van der Waals surface area contributed by atoms with Crippen molar-refractivity contribution >= 4 is 33.6 Å². The standard InChI is InChI=1S/C31H35N5O7S/c1-42-24-13-15-25(16-14-24)44(40,41)35-26(18-28(37)43-20-22-6-3-2-4-7-22)31(39)36-17-5-8-27(36)30(38)34-19-21-9-11-23(12-10-21)29(32)33/h2-4,6-7,9-16,26-27,35H,5,8,17-20H2,1H3,(H3,32,33)(H,34,38)/t26-,27-/m0/s1. The summed E-state index contributed by atoms with van der Waals surface area (Å²) in [5.74, 6) is -1.51. The number of methoxy groups -OCH3 is 1. The summed E-state index contributed by atoms with van der Waals surface area (Å²) in [6, 6.07) is 19.0. The number of amidine groups is 1. The van der Waals surface area contributed by atoms with Crippen molar-refractivity contribution in [1.29, 1.82) is 5.41 Å². The van der Waals surface area contributed by atoms with Crippen molar-refractivity contribution < 1.29 is 32.3 Å². The van der Waals surface area contributed by atoms with Gasteiger partial charge in [0.2, 0.25) is 21.8 Å². The summed E-state index contributed by atoms with van der Waals surface area (Å²) in [4.78, 5) is 41.0. The summed E-state index contributed by atoms with van der Waals surface area (Å²) < 4.78 is 39.4. The molecule has 0 radical (unpaired) electrons. The number of hydrogen-bond acceptors (Lipinski definition) is 8. The number of nitrogen functional groups attached to an aromatic ring is 1. The van der Waals surface area contributed by atoms with Gasteiger partial charge in [0.15, 0.2) is 0 Å². The topological polar surface area (TPSA) is 181 Å². The van der Waals surface area contributed by atoms with Crippen molar-refractivity contribution in [3.05, 3.63) is 95.6 Å². The van der Waals surface area contributed by atoms with E-state index in [4.69, 9.17) is 20.6 Å². The number of ether oxygens (including phenoxy) is 2. The highest BCUT2D eigenvalue weighted by atomic mass is 32.2. The third-order valence-corrected chi connectivity index (χ3v) is 8.64. The third-order valence-electron chi connectivity index (χ3n) is 7.15. The summed E-state index contributed by atoms with van der Waals surface area (Å²) in [5, 5.41) is 10.3. The molecule has 3 aromatic rings. The van der Waals surface area contributed by atoms with Gasteiger partial charge in [0.25, 0.3) is 0 Å². The number of benzene rings is 3. The minimum Gasteiger partial charge on any atom is -0.497 e. The molecular weight excluding hydrogens is 586 g/mol. The average molecular weight is 622 g/mol. The smallest absolute Gasteiger partial charge is 0.308 e. The zero-order valence-electron chi connectivity index (χ0n) is 24.2. The number of carbonyl (C=O) groups excluding carboxylic acids is 3. The van der Waals surface area contributed by atoms with Crippen LogP contribution in [-0.4, -0.2) is 62.7 Å². The first-order chi connectivity index (χ1) is 21.1. The Kier molecular flexibility index (Phi) is 10.7. The molecule has 0 saturated carbocycles. The van der Waals surface area contributed by atoms with Crippen molar-refractivity contribution in [2.24, 2.45) is 5.73 Å². The Hall–Kier alpha value is -4.75. The third kappa shape index (κ3) is 8.42. The second-order valence-electron chi connectivity index (χ2n) is 10.2. The van der Waals surface area contributed by atoms with E-state index >= 15 is 0 Å². The second-order valence-corrected chi connectivity index (χ2v) is 11.9. The van der Waals surface area contributed by atoms with Gasteiger partial charge in [-0.25, -0.2) is 8.42 Å². The molecular formula is C31H35N5O7S. The monoisotopic (exact) mass is 621 g/mol. The van der Waals surface area contributed by atoms with E-state index in [1.807, 2.05) is 6.07 Å². The minimum atomic E-state index is -4.25. The first-order valence-electron chi connectivity index (χ1n) is 13.9. The van der Waals surface area contributed by atoms with Crippen LogP contribution in [0.1, 0.15) is 36.0 Å². The lowest BCUT2D eigenvalue weighted by Gasteiger charge is -2.28. The predicted molar refractivity (Wildman–Crippen MR) is 162 cm³/mol. The van der Waals surface area contributed by atoms with Crippen LogP contribution < -0.4 is 20.5 Å². The first kappa shape index (κ1) is 32.2. The largest absolute Gasteiger partial charge is 0.497 e. The summed E-state index contributed by atoms with van der Waals surface area (Å²) in [7, 11) is -2.80. The molecule has 0 spiro atoms. The summed E-state index contributed by atoms with van der Waals surface area (Å²) in [6.45, 7) is 0.340. The van der Waals surface area contributed by atoms with Gasteiger partial charge in [0.1, 0.15) is 30.3 Å². The van der Waals surface area contributed by atoms with E-state index in [0.29, 0.717) is 24.2 Å². The maximum atomic E-state index is 13.8. The lowest BCUT2D eigenvalue weighted by molar-refractivity contribution is -0.149. The molecule has 2 amide bonds. The minimum absolute atomic E-state index is 0.0477. The normalized spacial score (nSPS) is 15.3. The van der Waals surface area contributed by atoms with Crippen LogP contribution in [0.5, 0.6) is 5.75 Å². The summed E-state index contributed by atoms with van der Waals surface area (Å²) in [5.41, 5.74) is 7.55. The fourth-order valence-corrected chi connectivity index (χ4v) is 5.95. The zero-order valence-corrected chi connectivity index (χ0v) is 25.0. The summed E-state index contributed by atoms with van der Waals surface area (Å²) in [6.07, 6.45) is 0.319. The number of nitrogens with zero attached hydrogens (tertiary/aromatic N) is 1. The SMILES string of the molecule is COc1ccc(S(=O)(=O)N[C@@H](CC(=O)OCc2ccccc2)C(=O)N2CCC[C@H]2C(=O)NCc2ccc(C(=N)N)cc2)cc1. The molecule has 0 aliphatic carbocycles. The predicted octanol–water partition coefficient (Wildman–Crippen LogP) is 2.07. The number of sulfonamides is 1. The molecule has 1 aliphatic rings. The Bertz CT molecular complexity index is 1580. The van der Waals surface area contributed by atoms with Crippen molar-refractivity contribution in [3.8, 4) is 5.75 Å². The quantitative estimate of drug-likeness (QED) is 0.127. The van der Waals surface area contributed by atoms with Crippen LogP contribution in [0.2, 0.25) is 0 Å². The molecule has 1 heterocycles. The van der Waals surface area contributed by atoms with E-state index < -0.39 is 46.3 Å². The molecule has 0 bridgehead atoms. The molecule has 1 saturated heterocycles. The number of esters is 1. The molecule has 4 rings (SSSR count). The van der Waals surface area contributed by atoms with Crippen molar-refractivity contribution in [3.63, 3.8) is 0 Å². The van der Waals surface area contributed by atoms with E-state index in [2.05, 4.69) is 10.0 Å². The Morgan fingerprint density at radius 2 is 1.68 bits per heavy atom. The Labute approximate surface area is 256 Å². The van der Waals surface area contributed by atoms with Gasteiger partial charge in [-0.3, -0.25) is 19.8 Å². The van der Waals surface area contributed by atoms with Gasteiger partial charge in [0, 0.05) is 18.7 Å². The zero-order chi connectivity index (χ0) is 31.7. The molecule has 2 atom stereocenters. The van der Waals surface area contributed by atoms with Gasteiger partial charge >= 0.3 is 5.97 Å². The van der Waals surface area contributed by atoms with Crippen molar-refractivity contribution in [2.45, 2.75) is 49.4 Å². The molecule has 232 valence electrons. The van der Waals surface area contributed by atoms with Crippen LogP contribution >= 0.6 is 0 Å². The second kappa shape index (κ2) is 14.6. The van der Waals surface area contributed by atoms with Crippen LogP contribution in [0, 0.1) is 5.41 Å². The number of carbonyl (C=O) groups is 3. The van der Waals surface area contributed by atoms with Gasteiger partial charge in [-0.05, 0) is 48.2 Å². The Morgan fingerprint density at radius 3 is 2.32 bits per heavy atom. The molecule has 5 N–H and O–H groups in total. The number of rotatable bonds is 13. The average Bonchev–Trinajstić information content (AvgIpc) is 3.53. The lowest BCUT2D eigenvalue weighted by Crippen LogP contribution is -2.54. The molecule has 12 nitrogen and oxygen atoms in total. The van der Waals surface area contributed by atoms with Crippen molar-refractivity contribution in [1.82, 2.24) is 14.9 Å². The maximum Gasteiger partial charge on any atom is 0.308 e. The maximum absolute atomic E-state index is 13.8. The van der Waals surface area contributed by atoms with E-state index in [0.717, 1.165) is 11.1 Å². The van der Waals surface area contributed by atoms with Crippen LogP contribution in [0.25, 0.3) is 0 Å². The Morgan fingerprint density at radius 1 is 1.00 bits per heavy atom. The molecule has 1 aliphatic heterocycles. The van der Waals surface area contributed by atoms with E-state index in [9.17, 15) is 22.8 Å². The molecule has 0 unspecified atom stereocenters. The van der Waals surface area contributed by atoms with Gasteiger partial charge in [-0.15, -0.1) is 0 Å². The van der Waals surface area contributed by atoms with E-state index in [1.165, 1.54) is 36.3 Å². The molecule has 1 fully saturated rings. The van der Waals surface area contributed by atoms with Gasteiger partial charge < -0.3 is 25.4 Å². The first-order valence-corrected chi connectivity index (χ1v) is 15.4. The van der Waals surface area contributed by atoms with Gasteiger partial charge in [-0.2, -0.15) is 4.72 Å². The number of likely N-dealkylation sites (tertiary alicyclic amines) is 1. The fourth-order valence-electron chi connectivity index (χ4n) is 4.77. The molecule has 13 heteroatoms. The van der Waals surface area contributed by atoms with Crippen LogP contribution in [0.4, 0.5) is 0 Å². The number of amides is 2. The highest BCUT2D eigenvalue weighted by Crippen LogP contribution is 2.22. The van der Waals surface area contributed by atoms with Crippen LogP contribution in [0.15, 0.2) is 83.8 Å². The van der Waals surface area contributed by atoms with Gasteiger partial charge in [-0.1, -0.05) is 54.6 Å².